The van der Waals surface area contributed by atoms with Crippen LogP contribution in [0.3, 0.4) is 0 Å². The third-order valence-corrected chi connectivity index (χ3v) is 3.16. The maximum atomic E-state index is 7.21. The summed E-state index contributed by atoms with van der Waals surface area (Å²) in [6, 6.07) is 8.21. The van der Waals surface area contributed by atoms with Crippen LogP contribution in [-0.2, 0) is 0 Å². The summed E-state index contributed by atoms with van der Waals surface area (Å²) in [6.07, 6.45) is 3.80. The van der Waals surface area contributed by atoms with Gasteiger partial charge in [-0.2, -0.15) is 0 Å². The van der Waals surface area contributed by atoms with Gasteiger partial charge in [0.2, 0.25) is 0 Å². The van der Waals surface area contributed by atoms with Gasteiger partial charge in [-0.25, -0.2) is 0 Å². The molecule has 1 aromatic rings. The van der Waals surface area contributed by atoms with Crippen LogP contribution in [0, 0.1) is 5.41 Å². The van der Waals surface area contributed by atoms with Gasteiger partial charge in [-0.15, -0.1) is 0 Å². The first-order valence-electron chi connectivity index (χ1n) is 6.57. The van der Waals surface area contributed by atoms with Gasteiger partial charge in [0, 0.05) is 19.5 Å². The molecule has 1 aliphatic rings. The number of ether oxygens (including phenoxy) is 1. The molecule has 0 atom stereocenters. The number of amidine groups is 1. The highest BCUT2D eigenvalue weighted by Crippen LogP contribution is 2.30. The zero-order valence-corrected chi connectivity index (χ0v) is 10.7. The molecule has 3 N–H and O–H groups in total. The Morgan fingerprint density at radius 1 is 1.33 bits per heavy atom. The molecule has 4 nitrogen and oxygen atoms in total. The van der Waals surface area contributed by atoms with Crippen LogP contribution in [0.25, 0.3) is 0 Å². The van der Waals surface area contributed by atoms with Crippen LogP contribution in [0.2, 0.25) is 0 Å². The SMILES string of the molecule is N=C(N)CCCCN1CCCOc2ccccc21. The Labute approximate surface area is 108 Å². The van der Waals surface area contributed by atoms with Gasteiger partial charge in [0.25, 0.3) is 0 Å². The van der Waals surface area contributed by atoms with Crippen LogP contribution in [0.15, 0.2) is 24.3 Å². The van der Waals surface area contributed by atoms with E-state index < -0.39 is 0 Å². The largest absolute Gasteiger partial charge is 0.491 e. The van der Waals surface area contributed by atoms with Crippen LogP contribution < -0.4 is 15.4 Å². The molecule has 0 saturated carbocycles. The van der Waals surface area contributed by atoms with E-state index in [1.807, 2.05) is 12.1 Å². The first kappa shape index (κ1) is 12.7. The van der Waals surface area contributed by atoms with Gasteiger partial charge in [-0.05, 0) is 31.4 Å². The average Bonchev–Trinajstić information content (AvgIpc) is 2.57. The molecule has 98 valence electrons. The van der Waals surface area contributed by atoms with Gasteiger partial charge in [-0.1, -0.05) is 12.1 Å². The minimum absolute atomic E-state index is 0.287. The fourth-order valence-electron chi connectivity index (χ4n) is 2.25. The molecule has 2 rings (SSSR count). The number of nitrogens with two attached hydrogens (primary N) is 1. The molecular weight excluding hydrogens is 226 g/mol. The molecule has 4 heteroatoms. The fraction of sp³-hybridized carbons (Fsp3) is 0.500. The molecule has 0 amide bonds. The lowest BCUT2D eigenvalue weighted by atomic mass is 10.2. The highest BCUT2D eigenvalue weighted by Gasteiger charge is 2.14. The van der Waals surface area contributed by atoms with Crippen molar-refractivity contribution in [1.29, 1.82) is 5.41 Å². The minimum Gasteiger partial charge on any atom is -0.491 e. The minimum atomic E-state index is 0.287. The number of anilines is 1. The quantitative estimate of drug-likeness (QED) is 0.477. The second kappa shape index (κ2) is 6.28. The molecule has 0 saturated heterocycles. The molecule has 0 unspecified atom stereocenters. The molecule has 0 aromatic heterocycles. The number of hydrogen-bond donors (Lipinski definition) is 2. The number of nitrogens with zero attached hydrogens (tertiary/aromatic N) is 1. The second-order valence-corrected chi connectivity index (χ2v) is 4.64. The zero-order chi connectivity index (χ0) is 12.8. The Bertz CT molecular complexity index is 406. The van der Waals surface area contributed by atoms with E-state index in [2.05, 4.69) is 17.0 Å². The first-order valence-corrected chi connectivity index (χ1v) is 6.57. The van der Waals surface area contributed by atoms with Gasteiger partial charge in [0.15, 0.2) is 0 Å². The maximum absolute atomic E-state index is 7.21. The van der Waals surface area contributed by atoms with Gasteiger partial charge in [0.1, 0.15) is 5.75 Å². The van der Waals surface area contributed by atoms with E-state index in [4.69, 9.17) is 15.9 Å². The van der Waals surface area contributed by atoms with Crippen molar-refractivity contribution in [2.75, 3.05) is 24.6 Å². The summed E-state index contributed by atoms with van der Waals surface area (Å²) in [5.41, 5.74) is 6.56. The summed E-state index contributed by atoms with van der Waals surface area (Å²) in [5.74, 6) is 1.27. The summed E-state index contributed by atoms with van der Waals surface area (Å²) in [4.78, 5) is 2.38. The number of rotatable bonds is 5. The third kappa shape index (κ3) is 3.39. The average molecular weight is 247 g/mol. The zero-order valence-electron chi connectivity index (χ0n) is 10.7. The second-order valence-electron chi connectivity index (χ2n) is 4.64. The number of benzene rings is 1. The highest BCUT2D eigenvalue weighted by molar-refractivity contribution is 5.76. The molecule has 1 aliphatic heterocycles. The summed E-state index contributed by atoms with van der Waals surface area (Å²) in [5, 5.41) is 7.21. The number of unbranched alkanes of at least 4 members (excludes halogenated alkanes) is 1. The molecule has 1 heterocycles. The lowest BCUT2D eigenvalue weighted by Gasteiger charge is -2.23. The van der Waals surface area contributed by atoms with Gasteiger partial charge in [-0.3, -0.25) is 5.41 Å². The first-order chi connectivity index (χ1) is 8.77. The van der Waals surface area contributed by atoms with E-state index in [-0.39, 0.29) is 5.84 Å². The summed E-state index contributed by atoms with van der Waals surface area (Å²) in [6.45, 7) is 2.84. The predicted octanol–water partition coefficient (Wildman–Crippen LogP) is 2.38. The number of para-hydroxylation sites is 2. The molecule has 1 aromatic carbocycles. The van der Waals surface area contributed by atoms with E-state index in [9.17, 15) is 0 Å². The Morgan fingerprint density at radius 2 is 2.17 bits per heavy atom. The van der Waals surface area contributed by atoms with Crippen molar-refractivity contribution >= 4 is 11.5 Å². The smallest absolute Gasteiger partial charge is 0.142 e. The molecule has 0 aliphatic carbocycles. The Kier molecular flexibility index (Phi) is 4.45. The predicted molar refractivity (Wildman–Crippen MR) is 74.5 cm³/mol. The Balaban J connectivity index is 1.93. The van der Waals surface area contributed by atoms with Gasteiger partial charge < -0.3 is 15.4 Å². The van der Waals surface area contributed by atoms with Crippen molar-refractivity contribution in [3.8, 4) is 5.75 Å². The number of fused-ring (bicyclic) bond motifs is 1. The molecular formula is C14H21N3O. The van der Waals surface area contributed by atoms with E-state index in [0.717, 1.165) is 44.7 Å². The van der Waals surface area contributed by atoms with Crippen LogP contribution in [0.4, 0.5) is 5.69 Å². The van der Waals surface area contributed by atoms with Crippen molar-refractivity contribution in [1.82, 2.24) is 0 Å². The van der Waals surface area contributed by atoms with E-state index >= 15 is 0 Å². The van der Waals surface area contributed by atoms with Gasteiger partial charge in [0.05, 0.1) is 18.1 Å². The molecule has 0 bridgehead atoms. The van der Waals surface area contributed by atoms with E-state index in [1.54, 1.807) is 0 Å². The molecule has 18 heavy (non-hydrogen) atoms. The van der Waals surface area contributed by atoms with Crippen molar-refractivity contribution in [3.05, 3.63) is 24.3 Å². The Hall–Kier alpha value is -1.71. The summed E-state index contributed by atoms with van der Waals surface area (Å²) in [7, 11) is 0. The Morgan fingerprint density at radius 3 is 3.00 bits per heavy atom. The lowest BCUT2D eigenvalue weighted by molar-refractivity contribution is 0.322. The van der Waals surface area contributed by atoms with Crippen molar-refractivity contribution in [2.24, 2.45) is 5.73 Å². The third-order valence-electron chi connectivity index (χ3n) is 3.16. The monoisotopic (exact) mass is 247 g/mol. The maximum Gasteiger partial charge on any atom is 0.142 e. The van der Waals surface area contributed by atoms with Crippen LogP contribution in [0.1, 0.15) is 25.7 Å². The fourth-order valence-corrected chi connectivity index (χ4v) is 2.25. The van der Waals surface area contributed by atoms with Crippen LogP contribution in [0.5, 0.6) is 5.75 Å². The van der Waals surface area contributed by atoms with Crippen molar-refractivity contribution in [2.45, 2.75) is 25.7 Å². The molecule has 0 fully saturated rings. The van der Waals surface area contributed by atoms with E-state index in [1.165, 1.54) is 5.69 Å². The number of nitrogens with one attached hydrogen (secondary N) is 1. The van der Waals surface area contributed by atoms with Crippen LogP contribution in [-0.4, -0.2) is 25.5 Å². The normalized spacial score (nSPS) is 14.6. The molecule has 0 spiro atoms. The lowest BCUT2D eigenvalue weighted by Crippen LogP contribution is -2.25. The van der Waals surface area contributed by atoms with Gasteiger partial charge >= 0.3 is 0 Å². The van der Waals surface area contributed by atoms with E-state index in [0.29, 0.717) is 6.42 Å². The molecule has 0 radical (unpaired) electrons. The highest BCUT2D eigenvalue weighted by atomic mass is 16.5. The number of hydrogen-bond acceptors (Lipinski definition) is 3. The summed E-state index contributed by atoms with van der Waals surface area (Å²) < 4.78 is 5.73. The topological polar surface area (TPSA) is 62.3 Å². The van der Waals surface area contributed by atoms with Crippen molar-refractivity contribution < 1.29 is 4.74 Å². The van der Waals surface area contributed by atoms with Crippen molar-refractivity contribution in [3.63, 3.8) is 0 Å². The summed E-state index contributed by atoms with van der Waals surface area (Å²) >= 11 is 0. The van der Waals surface area contributed by atoms with Crippen LogP contribution >= 0.6 is 0 Å². The standard InChI is InChI=1S/C14H21N3O/c15-14(16)8-3-4-9-17-10-5-11-18-13-7-2-1-6-12(13)17/h1-2,6-7H,3-5,8-11H2,(H3,15,16).